The van der Waals surface area contributed by atoms with Crippen LogP contribution in [0.3, 0.4) is 0 Å². The molecule has 0 saturated carbocycles. The second-order valence-corrected chi connectivity index (χ2v) is 5.52. The van der Waals surface area contributed by atoms with Crippen molar-refractivity contribution in [2.24, 2.45) is 5.41 Å². The van der Waals surface area contributed by atoms with Crippen LogP contribution in [0.25, 0.3) is 0 Å². The van der Waals surface area contributed by atoms with Crippen LogP contribution in [0.1, 0.15) is 30.1 Å². The standard InChI is InChI=1S/C14H16F3NO2/c1-14(8-19)5-2-6-18(7-14)13(20)11-9(15)3-4-10(16)12(11)17/h3-4,19H,2,5-8H2,1H3/t14-/m1/s1. The number of aliphatic hydroxyl groups is 1. The molecule has 1 aromatic carbocycles. The fraction of sp³-hybridized carbons (Fsp3) is 0.500. The normalized spacial score (nSPS) is 22.9. The summed E-state index contributed by atoms with van der Waals surface area (Å²) in [7, 11) is 0. The largest absolute Gasteiger partial charge is 0.396 e. The lowest BCUT2D eigenvalue weighted by Crippen LogP contribution is -2.46. The van der Waals surface area contributed by atoms with Gasteiger partial charge in [0.15, 0.2) is 11.6 Å². The van der Waals surface area contributed by atoms with Gasteiger partial charge in [-0.25, -0.2) is 13.2 Å². The van der Waals surface area contributed by atoms with E-state index in [0.29, 0.717) is 19.0 Å². The number of piperidine rings is 1. The molecule has 1 N–H and O–H groups in total. The van der Waals surface area contributed by atoms with E-state index in [4.69, 9.17) is 0 Å². The summed E-state index contributed by atoms with van der Waals surface area (Å²) in [5, 5.41) is 9.33. The van der Waals surface area contributed by atoms with Gasteiger partial charge in [-0.2, -0.15) is 0 Å². The van der Waals surface area contributed by atoms with Crippen LogP contribution in [-0.2, 0) is 0 Å². The van der Waals surface area contributed by atoms with Crippen molar-refractivity contribution in [1.29, 1.82) is 0 Å². The molecule has 0 bridgehead atoms. The minimum atomic E-state index is -1.47. The molecule has 3 nitrogen and oxygen atoms in total. The summed E-state index contributed by atoms with van der Waals surface area (Å²) in [5.74, 6) is -4.67. The Kier molecular flexibility index (Phi) is 4.04. The second kappa shape index (κ2) is 5.44. The van der Waals surface area contributed by atoms with Gasteiger partial charge in [0.25, 0.3) is 5.91 Å². The third-order valence-corrected chi connectivity index (χ3v) is 3.71. The fourth-order valence-corrected chi connectivity index (χ4v) is 2.50. The Morgan fingerprint density at radius 3 is 2.65 bits per heavy atom. The van der Waals surface area contributed by atoms with E-state index in [0.717, 1.165) is 12.5 Å². The third-order valence-electron chi connectivity index (χ3n) is 3.71. The van der Waals surface area contributed by atoms with E-state index in [1.165, 1.54) is 4.90 Å². The van der Waals surface area contributed by atoms with Crippen molar-refractivity contribution in [3.63, 3.8) is 0 Å². The maximum absolute atomic E-state index is 13.6. The number of halogens is 3. The minimum Gasteiger partial charge on any atom is -0.396 e. The molecule has 6 heteroatoms. The molecule has 20 heavy (non-hydrogen) atoms. The van der Waals surface area contributed by atoms with Crippen LogP contribution >= 0.6 is 0 Å². The first-order valence-electron chi connectivity index (χ1n) is 6.41. The highest BCUT2D eigenvalue weighted by molar-refractivity contribution is 5.94. The molecule has 1 amide bonds. The summed E-state index contributed by atoms with van der Waals surface area (Å²) in [5.41, 5.74) is -1.36. The van der Waals surface area contributed by atoms with Crippen LogP contribution < -0.4 is 0 Å². The van der Waals surface area contributed by atoms with Crippen molar-refractivity contribution in [1.82, 2.24) is 4.90 Å². The average Bonchev–Trinajstić information content (AvgIpc) is 2.43. The van der Waals surface area contributed by atoms with Crippen LogP contribution in [-0.4, -0.2) is 35.6 Å². The van der Waals surface area contributed by atoms with Crippen molar-refractivity contribution < 1.29 is 23.1 Å². The Labute approximate surface area is 115 Å². The molecule has 1 aliphatic heterocycles. The number of nitrogens with zero attached hydrogens (tertiary/aromatic N) is 1. The Hall–Kier alpha value is -1.56. The molecular weight excluding hydrogens is 271 g/mol. The molecule has 1 fully saturated rings. The maximum Gasteiger partial charge on any atom is 0.259 e. The van der Waals surface area contributed by atoms with Gasteiger partial charge in [0.2, 0.25) is 0 Å². The van der Waals surface area contributed by atoms with Gasteiger partial charge >= 0.3 is 0 Å². The fourth-order valence-electron chi connectivity index (χ4n) is 2.50. The zero-order valence-corrected chi connectivity index (χ0v) is 11.1. The maximum atomic E-state index is 13.6. The smallest absolute Gasteiger partial charge is 0.259 e. The number of rotatable bonds is 2. The van der Waals surface area contributed by atoms with Crippen molar-refractivity contribution in [3.8, 4) is 0 Å². The second-order valence-electron chi connectivity index (χ2n) is 5.52. The van der Waals surface area contributed by atoms with E-state index in [9.17, 15) is 23.1 Å². The monoisotopic (exact) mass is 287 g/mol. The first-order chi connectivity index (χ1) is 9.38. The first kappa shape index (κ1) is 14.8. The SMILES string of the molecule is C[C@@]1(CO)CCCN(C(=O)c2c(F)ccc(F)c2F)C1. The molecule has 0 aromatic heterocycles. The summed E-state index contributed by atoms with van der Waals surface area (Å²) in [6.07, 6.45) is 1.35. The van der Waals surface area contributed by atoms with E-state index in [1.807, 2.05) is 0 Å². The topological polar surface area (TPSA) is 40.5 Å². The molecule has 1 aromatic rings. The van der Waals surface area contributed by atoms with Crippen molar-refractivity contribution in [2.45, 2.75) is 19.8 Å². The molecule has 0 aliphatic carbocycles. The highest BCUT2D eigenvalue weighted by Gasteiger charge is 2.35. The van der Waals surface area contributed by atoms with Gasteiger partial charge in [0, 0.05) is 18.5 Å². The van der Waals surface area contributed by atoms with Crippen LogP contribution in [0.15, 0.2) is 12.1 Å². The van der Waals surface area contributed by atoms with Gasteiger partial charge < -0.3 is 10.0 Å². The third kappa shape index (κ3) is 2.65. The number of likely N-dealkylation sites (tertiary alicyclic amines) is 1. The van der Waals surface area contributed by atoms with Crippen molar-refractivity contribution in [2.75, 3.05) is 19.7 Å². The molecule has 1 saturated heterocycles. The molecule has 110 valence electrons. The summed E-state index contributed by atoms with van der Waals surface area (Å²) >= 11 is 0. The number of hydrogen-bond acceptors (Lipinski definition) is 2. The van der Waals surface area contributed by atoms with Crippen molar-refractivity contribution >= 4 is 5.91 Å². The first-order valence-corrected chi connectivity index (χ1v) is 6.41. The highest BCUT2D eigenvalue weighted by Crippen LogP contribution is 2.30. The Morgan fingerprint density at radius 2 is 2.00 bits per heavy atom. The molecule has 2 rings (SSSR count). The van der Waals surface area contributed by atoms with Crippen molar-refractivity contribution in [3.05, 3.63) is 35.1 Å². The van der Waals surface area contributed by atoms with Gasteiger partial charge in [0.1, 0.15) is 11.4 Å². The zero-order chi connectivity index (χ0) is 14.9. The Balaban J connectivity index is 2.30. The number of aliphatic hydroxyl groups excluding tert-OH is 1. The summed E-state index contributed by atoms with van der Waals surface area (Å²) in [6, 6.07) is 1.39. The van der Waals surface area contributed by atoms with Crippen LogP contribution in [0.2, 0.25) is 0 Å². The molecule has 1 aliphatic rings. The predicted octanol–water partition coefficient (Wildman–Crippen LogP) is 2.34. The number of hydrogen-bond donors (Lipinski definition) is 1. The lowest BCUT2D eigenvalue weighted by Gasteiger charge is -2.39. The van der Waals surface area contributed by atoms with E-state index in [2.05, 4.69) is 0 Å². The predicted molar refractivity (Wildman–Crippen MR) is 66.6 cm³/mol. The number of carbonyl (C=O) groups excluding carboxylic acids is 1. The summed E-state index contributed by atoms with van der Waals surface area (Å²) in [4.78, 5) is 13.5. The van der Waals surface area contributed by atoms with Gasteiger partial charge in [0.05, 0.1) is 6.61 Å². The molecular formula is C14H16F3NO2. The highest BCUT2D eigenvalue weighted by atomic mass is 19.2. The van der Waals surface area contributed by atoms with Gasteiger partial charge in [-0.3, -0.25) is 4.79 Å². The van der Waals surface area contributed by atoms with Crippen LogP contribution in [0.5, 0.6) is 0 Å². The lowest BCUT2D eigenvalue weighted by molar-refractivity contribution is 0.0350. The molecule has 0 radical (unpaired) electrons. The Bertz CT molecular complexity index is 535. The van der Waals surface area contributed by atoms with E-state index < -0.39 is 34.3 Å². The van der Waals surface area contributed by atoms with E-state index in [-0.39, 0.29) is 13.2 Å². The van der Waals surface area contributed by atoms with Gasteiger partial charge in [-0.05, 0) is 25.0 Å². The van der Waals surface area contributed by atoms with E-state index >= 15 is 0 Å². The average molecular weight is 287 g/mol. The van der Waals surface area contributed by atoms with Crippen LogP contribution in [0, 0.1) is 22.9 Å². The molecule has 1 heterocycles. The summed E-state index contributed by atoms with van der Waals surface area (Å²) in [6.45, 7) is 2.21. The Morgan fingerprint density at radius 1 is 1.35 bits per heavy atom. The van der Waals surface area contributed by atoms with Crippen LogP contribution in [0.4, 0.5) is 13.2 Å². The molecule has 1 atom stereocenters. The molecule has 0 spiro atoms. The zero-order valence-electron chi connectivity index (χ0n) is 11.1. The van der Waals surface area contributed by atoms with Gasteiger partial charge in [-0.1, -0.05) is 6.92 Å². The number of amides is 1. The minimum absolute atomic E-state index is 0.120. The molecule has 0 unspecified atom stereocenters. The summed E-state index contributed by atoms with van der Waals surface area (Å²) < 4.78 is 40.4. The number of carbonyl (C=O) groups is 1. The quantitative estimate of drug-likeness (QED) is 0.848. The van der Waals surface area contributed by atoms with E-state index in [1.54, 1.807) is 6.92 Å². The van der Waals surface area contributed by atoms with Gasteiger partial charge in [-0.15, -0.1) is 0 Å². The number of benzene rings is 1. The lowest BCUT2D eigenvalue weighted by atomic mass is 9.82.